The van der Waals surface area contributed by atoms with E-state index in [0.717, 1.165) is 6.54 Å². The van der Waals surface area contributed by atoms with E-state index in [1.165, 1.54) is 21.9 Å². The number of rotatable bonds is 4. The van der Waals surface area contributed by atoms with Crippen LogP contribution in [0.3, 0.4) is 0 Å². The minimum atomic E-state index is -1.23. The standard InChI is InChI=1S/C17H22N2O3S/c1-12(20)18-11-17(22)6-7-19(10-16(17)21)9-14-8-13-4-2-3-5-15(13)23-14/h2-5,8,16,21-22H,6-7,9-11H2,1H3,(H,18,20)/t16-,17-/m1/s1. The molecular weight excluding hydrogens is 312 g/mol. The van der Waals surface area contributed by atoms with Crippen molar-refractivity contribution in [3.05, 3.63) is 35.2 Å². The summed E-state index contributed by atoms with van der Waals surface area (Å²) >= 11 is 1.76. The quantitative estimate of drug-likeness (QED) is 0.789. The van der Waals surface area contributed by atoms with Crippen molar-refractivity contribution in [3.63, 3.8) is 0 Å². The smallest absolute Gasteiger partial charge is 0.216 e. The largest absolute Gasteiger partial charge is 0.389 e. The predicted molar refractivity (Wildman–Crippen MR) is 91.4 cm³/mol. The summed E-state index contributed by atoms with van der Waals surface area (Å²) in [5.41, 5.74) is -1.23. The Hall–Kier alpha value is -1.47. The van der Waals surface area contributed by atoms with Gasteiger partial charge < -0.3 is 15.5 Å². The number of nitrogens with zero attached hydrogens (tertiary/aromatic N) is 1. The normalized spacial score (nSPS) is 25.6. The number of hydrogen-bond acceptors (Lipinski definition) is 5. The van der Waals surface area contributed by atoms with Gasteiger partial charge in [0.05, 0.1) is 6.10 Å². The Morgan fingerprint density at radius 2 is 2.26 bits per heavy atom. The van der Waals surface area contributed by atoms with Crippen molar-refractivity contribution in [3.8, 4) is 0 Å². The van der Waals surface area contributed by atoms with Crippen LogP contribution in [-0.2, 0) is 11.3 Å². The molecule has 0 unspecified atom stereocenters. The molecule has 0 spiro atoms. The highest BCUT2D eigenvalue weighted by molar-refractivity contribution is 7.19. The highest BCUT2D eigenvalue weighted by Gasteiger charge is 2.40. The van der Waals surface area contributed by atoms with Gasteiger partial charge in [0.1, 0.15) is 5.60 Å². The zero-order valence-electron chi connectivity index (χ0n) is 13.2. The highest BCUT2D eigenvalue weighted by atomic mass is 32.1. The second-order valence-corrected chi connectivity index (χ2v) is 7.43. The number of carbonyl (C=O) groups is 1. The molecule has 1 aliphatic rings. The fraction of sp³-hybridized carbons (Fsp3) is 0.471. The molecule has 0 bridgehead atoms. The molecule has 3 rings (SSSR count). The molecule has 1 saturated heterocycles. The highest BCUT2D eigenvalue weighted by Crippen LogP contribution is 2.28. The number of carbonyl (C=O) groups excluding carboxylic acids is 1. The Kier molecular flexibility index (Phi) is 4.68. The molecule has 1 aromatic carbocycles. The maximum Gasteiger partial charge on any atom is 0.216 e. The van der Waals surface area contributed by atoms with Gasteiger partial charge in [-0.1, -0.05) is 18.2 Å². The number of fused-ring (bicyclic) bond motifs is 1. The van der Waals surface area contributed by atoms with E-state index in [1.807, 2.05) is 12.1 Å². The van der Waals surface area contributed by atoms with Crippen LogP contribution in [0.15, 0.2) is 30.3 Å². The van der Waals surface area contributed by atoms with Crippen molar-refractivity contribution in [1.82, 2.24) is 10.2 Å². The lowest BCUT2D eigenvalue weighted by Crippen LogP contribution is -2.59. The number of hydrogen-bond donors (Lipinski definition) is 3. The molecule has 0 saturated carbocycles. The molecular formula is C17H22N2O3S. The summed E-state index contributed by atoms with van der Waals surface area (Å²) in [5.74, 6) is -0.196. The third-order valence-corrected chi connectivity index (χ3v) is 5.51. The van der Waals surface area contributed by atoms with Crippen molar-refractivity contribution in [2.75, 3.05) is 19.6 Å². The minimum absolute atomic E-state index is 0.0974. The van der Waals surface area contributed by atoms with Gasteiger partial charge in [-0.15, -0.1) is 11.3 Å². The Labute approximate surface area is 139 Å². The number of likely N-dealkylation sites (tertiary alicyclic amines) is 1. The summed E-state index contributed by atoms with van der Waals surface area (Å²) in [7, 11) is 0. The minimum Gasteiger partial charge on any atom is -0.389 e. The van der Waals surface area contributed by atoms with Crippen LogP contribution in [-0.4, -0.2) is 52.4 Å². The Morgan fingerprint density at radius 3 is 2.96 bits per heavy atom. The molecule has 3 N–H and O–H groups in total. The first-order valence-electron chi connectivity index (χ1n) is 7.81. The molecule has 2 aromatic rings. The van der Waals surface area contributed by atoms with Crippen molar-refractivity contribution in [2.45, 2.75) is 31.6 Å². The topological polar surface area (TPSA) is 72.8 Å². The molecule has 0 aliphatic carbocycles. The van der Waals surface area contributed by atoms with Crippen LogP contribution in [0.2, 0.25) is 0 Å². The van der Waals surface area contributed by atoms with Gasteiger partial charge in [-0.2, -0.15) is 0 Å². The molecule has 0 radical (unpaired) electrons. The first-order valence-corrected chi connectivity index (χ1v) is 8.63. The summed E-state index contributed by atoms with van der Waals surface area (Å²) in [6.07, 6.45) is -0.420. The zero-order chi connectivity index (χ0) is 16.4. The van der Waals surface area contributed by atoms with Crippen LogP contribution >= 0.6 is 11.3 Å². The van der Waals surface area contributed by atoms with Gasteiger partial charge in [0.25, 0.3) is 0 Å². The van der Waals surface area contributed by atoms with Gasteiger partial charge in [0, 0.05) is 42.7 Å². The number of aliphatic hydroxyl groups excluding tert-OH is 1. The number of piperidine rings is 1. The fourth-order valence-electron chi connectivity index (χ4n) is 2.99. The average molecular weight is 334 g/mol. The lowest BCUT2D eigenvalue weighted by Gasteiger charge is -2.42. The number of β-amino-alcohol motifs (C(OH)–C–C–N with tert-alkyl or cyclic N) is 1. The second kappa shape index (κ2) is 6.57. The molecule has 2 heterocycles. The average Bonchev–Trinajstić information content (AvgIpc) is 2.91. The van der Waals surface area contributed by atoms with Crippen molar-refractivity contribution in [1.29, 1.82) is 0 Å². The van der Waals surface area contributed by atoms with Crippen LogP contribution in [0.5, 0.6) is 0 Å². The van der Waals surface area contributed by atoms with Gasteiger partial charge in [-0.3, -0.25) is 9.69 Å². The Bertz CT molecular complexity index is 669. The second-order valence-electron chi connectivity index (χ2n) is 6.26. The maximum atomic E-state index is 11.0. The molecule has 1 aliphatic heterocycles. The number of aliphatic hydroxyl groups is 2. The van der Waals surface area contributed by atoms with Crippen molar-refractivity contribution >= 4 is 27.3 Å². The van der Waals surface area contributed by atoms with Crippen molar-refractivity contribution in [2.24, 2.45) is 0 Å². The van der Waals surface area contributed by atoms with Gasteiger partial charge in [-0.05, 0) is 23.9 Å². The van der Waals surface area contributed by atoms with E-state index < -0.39 is 11.7 Å². The number of thiophene rings is 1. The monoisotopic (exact) mass is 334 g/mol. The lowest BCUT2D eigenvalue weighted by atomic mass is 9.88. The van der Waals surface area contributed by atoms with E-state index in [-0.39, 0.29) is 12.5 Å². The SMILES string of the molecule is CC(=O)NC[C@]1(O)CCN(Cc2cc3ccccc3s2)C[C@H]1O. The van der Waals surface area contributed by atoms with E-state index in [2.05, 4.69) is 28.4 Å². The number of amides is 1. The van der Waals surface area contributed by atoms with Gasteiger partial charge in [-0.25, -0.2) is 0 Å². The van der Waals surface area contributed by atoms with Crippen LogP contribution in [0.4, 0.5) is 0 Å². The van der Waals surface area contributed by atoms with Crippen LogP contribution in [0.1, 0.15) is 18.2 Å². The Balaban J connectivity index is 1.62. The van der Waals surface area contributed by atoms with E-state index in [9.17, 15) is 15.0 Å². The molecule has 1 aromatic heterocycles. The van der Waals surface area contributed by atoms with E-state index in [0.29, 0.717) is 19.5 Å². The summed E-state index contributed by atoms with van der Waals surface area (Å²) in [6, 6.07) is 10.5. The van der Waals surface area contributed by atoms with E-state index >= 15 is 0 Å². The summed E-state index contributed by atoms with van der Waals surface area (Å²) < 4.78 is 1.27. The summed E-state index contributed by atoms with van der Waals surface area (Å²) in [4.78, 5) is 14.4. The number of nitrogens with one attached hydrogen (secondary N) is 1. The van der Waals surface area contributed by atoms with Crippen LogP contribution in [0, 0.1) is 0 Å². The van der Waals surface area contributed by atoms with Crippen LogP contribution < -0.4 is 5.32 Å². The lowest BCUT2D eigenvalue weighted by molar-refractivity contribution is -0.130. The number of benzene rings is 1. The van der Waals surface area contributed by atoms with E-state index in [1.54, 1.807) is 11.3 Å². The molecule has 6 heteroatoms. The first kappa shape index (κ1) is 16.4. The predicted octanol–water partition coefficient (Wildman–Crippen LogP) is 1.34. The molecule has 124 valence electrons. The maximum absolute atomic E-state index is 11.0. The molecule has 5 nitrogen and oxygen atoms in total. The third kappa shape index (κ3) is 3.72. The van der Waals surface area contributed by atoms with Gasteiger partial charge in [0.15, 0.2) is 0 Å². The zero-order valence-corrected chi connectivity index (χ0v) is 14.0. The van der Waals surface area contributed by atoms with Gasteiger partial charge >= 0.3 is 0 Å². The van der Waals surface area contributed by atoms with Crippen molar-refractivity contribution < 1.29 is 15.0 Å². The third-order valence-electron chi connectivity index (χ3n) is 4.41. The molecule has 23 heavy (non-hydrogen) atoms. The molecule has 1 fully saturated rings. The Morgan fingerprint density at radius 1 is 1.48 bits per heavy atom. The molecule has 2 atom stereocenters. The summed E-state index contributed by atoms with van der Waals surface area (Å²) in [5, 5.41) is 24.6. The van der Waals surface area contributed by atoms with E-state index in [4.69, 9.17) is 0 Å². The molecule has 1 amide bonds. The van der Waals surface area contributed by atoms with Crippen LogP contribution in [0.25, 0.3) is 10.1 Å². The first-order chi connectivity index (χ1) is 11.0. The van der Waals surface area contributed by atoms with Gasteiger partial charge in [0.2, 0.25) is 5.91 Å². The fourth-order valence-corrected chi connectivity index (χ4v) is 4.09. The summed E-state index contributed by atoms with van der Waals surface area (Å²) in [6.45, 7) is 3.38.